The summed E-state index contributed by atoms with van der Waals surface area (Å²) in [4.78, 5) is 9.17. The van der Waals surface area contributed by atoms with Gasteiger partial charge in [-0.15, -0.1) is 0 Å². The van der Waals surface area contributed by atoms with E-state index < -0.39 is 0 Å². The van der Waals surface area contributed by atoms with Gasteiger partial charge in [0.15, 0.2) is 5.96 Å². The molecule has 1 saturated heterocycles. The number of nitrogens with zero attached hydrogens (tertiary/aromatic N) is 5. The largest absolute Gasteiger partial charge is 0.495 e. The average Bonchev–Trinajstić information content (AvgIpc) is 3.13. The summed E-state index contributed by atoms with van der Waals surface area (Å²) in [6.07, 6.45) is 6.10. The molecule has 0 unspecified atom stereocenters. The first kappa shape index (κ1) is 19.1. The number of aliphatic imine (C=N–C) groups is 1. The van der Waals surface area contributed by atoms with Gasteiger partial charge < -0.3 is 19.9 Å². The van der Waals surface area contributed by atoms with Gasteiger partial charge in [0.05, 0.1) is 19.0 Å². The number of aryl methyl sites for hydroxylation is 2. The summed E-state index contributed by atoms with van der Waals surface area (Å²) in [5.41, 5.74) is 2.44. The number of hydrogen-bond donors (Lipinski definition) is 1. The minimum atomic E-state index is 0.911. The number of nitrogens with one attached hydrogen (secondary N) is 1. The molecule has 0 saturated carbocycles. The smallest absolute Gasteiger partial charge is 0.193 e. The number of anilines is 1. The van der Waals surface area contributed by atoms with Crippen molar-refractivity contribution in [2.75, 3.05) is 51.8 Å². The molecule has 27 heavy (non-hydrogen) atoms. The molecule has 1 aromatic heterocycles. The summed E-state index contributed by atoms with van der Waals surface area (Å²) < 4.78 is 7.35. The van der Waals surface area contributed by atoms with Crippen LogP contribution in [-0.2, 0) is 13.5 Å². The Morgan fingerprint density at radius 2 is 2.00 bits per heavy atom. The summed E-state index contributed by atoms with van der Waals surface area (Å²) in [5, 5.41) is 7.71. The summed E-state index contributed by atoms with van der Waals surface area (Å²) in [7, 11) is 5.54. The van der Waals surface area contributed by atoms with Crippen LogP contribution in [0.1, 0.15) is 12.0 Å². The van der Waals surface area contributed by atoms with E-state index in [1.807, 2.05) is 37.1 Å². The third kappa shape index (κ3) is 4.93. The molecule has 7 heteroatoms. The Balaban J connectivity index is 1.45. The topological polar surface area (TPSA) is 57.9 Å². The number of rotatable bonds is 6. The Morgan fingerprint density at radius 1 is 1.22 bits per heavy atom. The predicted molar refractivity (Wildman–Crippen MR) is 110 cm³/mol. The van der Waals surface area contributed by atoms with E-state index >= 15 is 0 Å². The number of ether oxygens (including phenoxy) is 1. The van der Waals surface area contributed by atoms with Crippen LogP contribution >= 0.6 is 0 Å². The predicted octanol–water partition coefficient (Wildman–Crippen LogP) is 1.76. The number of piperazine rings is 1. The van der Waals surface area contributed by atoms with Crippen LogP contribution < -0.4 is 15.0 Å². The van der Waals surface area contributed by atoms with Gasteiger partial charge in [-0.1, -0.05) is 12.1 Å². The lowest BCUT2D eigenvalue weighted by Gasteiger charge is -2.38. The molecule has 2 heterocycles. The van der Waals surface area contributed by atoms with Crippen LogP contribution in [0.15, 0.2) is 41.7 Å². The van der Waals surface area contributed by atoms with E-state index in [-0.39, 0.29) is 0 Å². The first-order valence-corrected chi connectivity index (χ1v) is 9.52. The first-order chi connectivity index (χ1) is 13.2. The van der Waals surface area contributed by atoms with Gasteiger partial charge in [0, 0.05) is 53.0 Å². The number of benzene rings is 1. The Hall–Kier alpha value is -2.70. The molecule has 146 valence electrons. The van der Waals surface area contributed by atoms with Crippen LogP contribution in [0.3, 0.4) is 0 Å². The highest BCUT2D eigenvalue weighted by Gasteiger charge is 2.21. The Kier molecular flexibility index (Phi) is 6.57. The number of hydrogen-bond acceptors (Lipinski definition) is 4. The molecule has 1 fully saturated rings. The third-order valence-corrected chi connectivity index (χ3v) is 4.90. The van der Waals surface area contributed by atoms with Gasteiger partial charge in [0.1, 0.15) is 5.75 Å². The first-order valence-electron chi connectivity index (χ1n) is 9.52. The van der Waals surface area contributed by atoms with Crippen molar-refractivity contribution < 1.29 is 4.74 Å². The van der Waals surface area contributed by atoms with Crippen molar-refractivity contribution in [3.63, 3.8) is 0 Å². The second-order valence-corrected chi connectivity index (χ2v) is 6.75. The lowest BCUT2D eigenvalue weighted by molar-refractivity contribution is 0.367. The highest BCUT2D eigenvalue weighted by molar-refractivity contribution is 5.80. The van der Waals surface area contributed by atoms with E-state index in [4.69, 9.17) is 4.74 Å². The van der Waals surface area contributed by atoms with Gasteiger partial charge in [-0.3, -0.25) is 9.67 Å². The van der Waals surface area contributed by atoms with Crippen molar-refractivity contribution >= 4 is 11.6 Å². The van der Waals surface area contributed by atoms with Gasteiger partial charge >= 0.3 is 0 Å². The molecule has 0 atom stereocenters. The molecule has 7 nitrogen and oxygen atoms in total. The van der Waals surface area contributed by atoms with E-state index in [0.717, 1.165) is 57.3 Å². The molecule has 3 rings (SSSR count). The minimum absolute atomic E-state index is 0.911. The zero-order chi connectivity index (χ0) is 19.1. The SMILES string of the molecule is CN=C(NCCCc1cnn(C)c1)N1CCN(c2ccccc2OC)CC1. The van der Waals surface area contributed by atoms with E-state index in [1.54, 1.807) is 7.11 Å². The highest BCUT2D eigenvalue weighted by Crippen LogP contribution is 2.28. The van der Waals surface area contributed by atoms with E-state index in [1.165, 1.54) is 11.3 Å². The fourth-order valence-electron chi connectivity index (χ4n) is 3.48. The maximum Gasteiger partial charge on any atom is 0.193 e. The zero-order valence-corrected chi connectivity index (χ0v) is 16.6. The van der Waals surface area contributed by atoms with E-state index in [9.17, 15) is 0 Å². The van der Waals surface area contributed by atoms with Crippen molar-refractivity contribution in [2.45, 2.75) is 12.8 Å². The third-order valence-electron chi connectivity index (χ3n) is 4.90. The van der Waals surface area contributed by atoms with Gasteiger partial charge in [-0.25, -0.2) is 0 Å². The van der Waals surface area contributed by atoms with Crippen LogP contribution in [0.25, 0.3) is 0 Å². The minimum Gasteiger partial charge on any atom is -0.495 e. The second kappa shape index (κ2) is 9.30. The molecule has 0 aliphatic carbocycles. The fraction of sp³-hybridized carbons (Fsp3) is 0.500. The van der Waals surface area contributed by atoms with Crippen molar-refractivity contribution in [2.24, 2.45) is 12.0 Å². The Bertz CT molecular complexity index is 748. The van der Waals surface area contributed by atoms with E-state index in [0.29, 0.717) is 0 Å². The maximum atomic E-state index is 5.50. The number of aromatic nitrogens is 2. The quantitative estimate of drug-likeness (QED) is 0.477. The molecular formula is C20H30N6O. The molecular weight excluding hydrogens is 340 g/mol. The molecule has 1 aliphatic heterocycles. The van der Waals surface area contributed by atoms with Gasteiger partial charge in [0.2, 0.25) is 0 Å². The monoisotopic (exact) mass is 370 g/mol. The number of guanidine groups is 1. The van der Waals surface area contributed by atoms with Crippen LogP contribution in [0, 0.1) is 0 Å². The molecule has 1 aromatic carbocycles. The standard InChI is InChI=1S/C20H30N6O/c1-21-20(22-10-6-7-17-15-23-24(2)16-17)26-13-11-25(12-14-26)18-8-4-5-9-19(18)27-3/h4-5,8-9,15-16H,6-7,10-14H2,1-3H3,(H,21,22). The van der Waals surface area contributed by atoms with Gasteiger partial charge in [-0.2, -0.15) is 5.10 Å². The Labute approximate surface area is 161 Å². The second-order valence-electron chi connectivity index (χ2n) is 6.75. The molecule has 2 aromatic rings. The van der Waals surface area contributed by atoms with Crippen molar-refractivity contribution in [1.82, 2.24) is 20.0 Å². The zero-order valence-electron chi connectivity index (χ0n) is 16.6. The lowest BCUT2D eigenvalue weighted by atomic mass is 10.2. The Morgan fingerprint density at radius 3 is 2.67 bits per heavy atom. The van der Waals surface area contributed by atoms with Crippen molar-refractivity contribution in [1.29, 1.82) is 0 Å². The number of methoxy groups -OCH3 is 1. The summed E-state index contributed by atoms with van der Waals surface area (Å²) in [5.74, 6) is 1.92. The lowest BCUT2D eigenvalue weighted by Crippen LogP contribution is -2.52. The molecule has 1 N–H and O–H groups in total. The molecule has 0 amide bonds. The number of para-hydroxylation sites is 2. The molecule has 1 aliphatic rings. The normalized spacial score (nSPS) is 15.1. The van der Waals surface area contributed by atoms with Crippen molar-refractivity contribution in [3.05, 3.63) is 42.2 Å². The van der Waals surface area contributed by atoms with Crippen LogP contribution in [-0.4, -0.2) is 67.5 Å². The highest BCUT2D eigenvalue weighted by atomic mass is 16.5. The average molecular weight is 371 g/mol. The summed E-state index contributed by atoms with van der Waals surface area (Å²) >= 11 is 0. The van der Waals surface area contributed by atoms with E-state index in [2.05, 4.69) is 43.5 Å². The molecule has 0 bridgehead atoms. The van der Waals surface area contributed by atoms with Crippen LogP contribution in [0.2, 0.25) is 0 Å². The molecule has 0 radical (unpaired) electrons. The fourth-order valence-corrected chi connectivity index (χ4v) is 3.48. The van der Waals surface area contributed by atoms with Crippen LogP contribution in [0.4, 0.5) is 5.69 Å². The van der Waals surface area contributed by atoms with Crippen molar-refractivity contribution in [3.8, 4) is 5.75 Å². The molecule has 0 spiro atoms. The van der Waals surface area contributed by atoms with Gasteiger partial charge in [-0.05, 0) is 30.5 Å². The maximum absolute atomic E-state index is 5.50. The van der Waals surface area contributed by atoms with Gasteiger partial charge in [0.25, 0.3) is 0 Å². The summed E-state index contributed by atoms with van der Waals surface area (Å²) in [6.45, 7) is 4.71. The van der Waals surface area contributed by atoms with Crippen LogP contribution in [0.5, 0.6) is 5.75 Å². The summed E-state index contributed by atoms with van der Waals surface area (Å²) in [6, 6.07) is 8.22.